The molecule has 0 aliphatic carbocycles. The molecule has 0 amide bonds. The summed E-state index contributed by atoms with van der Waals surface area (Å²) in [6.07, 6.45) is 0. The number of benzene rings is 1. The van der Waals surface area contributed by atoms with Crippen LogP contribution in [0.3, 0.4) is 0 Å². The maximum Gasteiger partial charge on any atom is 0.145 e. The Morgan fingerprint density at radius 3 is 2.30 bits per heavy atom. The predicted octanol–water partition coefficient (Wildman–Crippen LogP) is 3.74. The van der Waals surface area contributed by atoms with Crippen LogP contribution < -0.4 is 15.2 Å². The van der Waals surface area contributed by atoms with E-state index in [9.17, 15) is 0 Å². The van der Waals surface area contributed by atoms with Crippen molar-refractivity contribution in [1.29, 1.82) is 0 Å². The van der Waals surface area contributed by atoms with E-state index < -0.39 is 0 Å². The summed E-state index contributed by atoms with van der Waals surface area (Å²) in [5.41, 5.74) is 7.87. The van der Waals surface area contributed by atoms with Crippen molar-refractivity contribution in [2.24, 2.45) is 0 Å². The molecule has 108 valence electrons. The third-order valence-corrected chi connectivity index (χ3v) is 3.19. The van der Waals surface area contributed by atoms with Gasteiger partial charge in [-0.2, -0.15) is 0 Å². The minimum Gasteiger partial charge on any atom is -0.493 e. The fourth-order valence-electron chi connectivity index (χ4n) is 2.25. The molecule has 0 aliphatic rings. The van der Waals surface area contributed by atoms with Gasteiger partial charge in [0.05, 0.1) is 13.2 Å². The van der Waals surface area contributed by atoms with Gasteiger partial charge in [0.25, 0.3) is 0 Å². The molecule has 1 heterocycles. The number of hydrogen-bond acceptors (Lipinski definition) is 4. The number of aromatic nitrogens is 1. The Bertz CT molecular complexity index is 609. The van der Waals surface area contributed by atoms with Gasteiger partial charge in [0.2, 0.25) is 0 Å². The molecule has 0 radical (unpaired) electrons. The minimum atomic E-state index is 0.317. The molecule has 4 nitrogen and oxygen atoms in total. The Balaban J connectivity index is 2.71. The molecule has 1 aromatic carbocycles. The van der Waals surface area contributed by atoms with Gasteiger partial charge in [-0.1, -0.05) is 13.8 Å². The normalized spacial score (nSPS) is 11.1. The molecule has 0 saturated carbocycles. The molecule has 1 aromatic heterocycles. The van der Waals surface area contributed by atoms with Crippen LogP contribution in [-0.2, 0) is 0 Å². The van der Waals surface area contributed by atoms with Crippen LogP contribution in [0.4, 0.5) is 5.82 Å². The van der Waals surface area contributed by atoms with E-state index in [1.54, 1.807) is 0 Å². The second-order valence-electron chi connectivity index (χ2n) is 4.94. The van der Waals surface area contributed by atoms with E-state index in [4.69, 9.17) is 15.2 Å². The molecule has 0 fully saturated rings. The fourth-order valence-corrected chi connectivity index (χ4v) is 2.25. The largest absolute Gasteiger partial charge is 0.493 e. The molecule has 0 saturated heterocycles. The van der Waals surface area contributed by atoms with E-state index in [1.807, 2.05) is 26.0 Å². The van der Waals surface area contributed by atoms with Gasteiger partial charge in [-0.3, -0.25) is 0 Å². The number of hydrogen-bond donors (Lipinski definition) is 1. The SMILES string of the molecule is CCOc1ccc(OCC)c2nc(N)c(C(C)C)cc12. The lowest BCUT2D eigenvalue weighted by Gasteiger charge is -2.15. The highest BCUT2D eigenvalue weighted by atomic mass is 16.5. The Hall–Kier alpha value is -1.97. The zero-order valence-electron chi connectivity index (χ0n) is 12.6. The Kier molecular flexibility index (Phi) is 4.32. The molecule has 20 heavy (non-hydrogen) atoms. The van der Waals surface area contributed by atoms with Gasteiger partial charge in [0, 0.05) is 5.39 Å². The van der Waals surface area contributed by atoms with Crippen molar-refractivity contribution in [2.45, 2.75) is 33.6 Å². The third kappa shape index (κ3) is 2.64. The third-order valence-electron chi connectivity index (χ3n) is 3.19. The van der Waals surface area contributed by atoms with Crippen molar-refractivity contribution in [2.75, 3.05) is 18.9 Å². The number of fused-ring (bicyclic) bond motifs is 1. The van der Waals surface area contributed by atoms with Crippen LogP contribution >= 0.6 is 0 Å². The summed E-state index contributed by atoms with van der Waals surface area (Å²) in [7, 11) is 0. The summed E-state index contributed by atoms with van der Waals surface area (Å²) in [4.78, 5) is 4.53. The Morgan fingerprint density at radius 2 is 1.70 bits per heavy atom. The average molecular weight is 274 g/mol. The lowest BCUT2D eigenvalue weighted by molar-refractivity contribution is 0.336. The van der Waals surface area contributed by atoms with Gasteiger partial charge in [-0.25, -0.2) is 4.98 Å². The molecule has 2 N–H and O–H groups in total. The molecule has 0 aliphatic heterocycles. The fraction of sp³-hybridized carbons (Fsp3) is 0.438. The highest BCUT2D eigenvalue weighted by molar-refractivity contribution is 5.92. The molecular formula is C16H22N2O2. The van der Waals surface area contributed by atoms with Gasteiger partial charge in [0.1, 0.15) is 22.8 Å². The predicted molar refractivity (Wildman–Crippen MR) is 82.6 cm³/mol. The summed E-state index contributed by atoms with van der Waals surface area (Å²) in [6.45, 7) is 9.34. The standard InChI is InChI=1S/C16H22N2O2/c1-5-19-13-7-8-14(20-6-2)15-12(13)9-11(10(3)4)16(17)18-15/h7-10H,5-6H2,1-4H3,(H2,17,18). The van der Waals surface area contributed by atoms with Gasteiger partial charge in [-0.05, 0) is 43.5 Å². The van der Waals surface area contributed by atoms with Gasteiger partial charge >= 0.3 is 0 Å². The number of pyridine rings is 1. The van der Waals surface area contributed by atoms with Crippen molar-refractivity contribution in [1.82, 2.24) is 4.98 Å². The van der Waals surface area contributed by atoms with E-state index in [1.165, 1.54) is 0 Å². The van der Waals surface area contributed by atoms with Crippen molar-refractivity contribution in [3.63, 3.8) is 0 Å². The van der Waals surface area contributed by atoms with Crippen LogP contribution in [0, 0.1) is 0 Å². The van der Waals surface area contributed by atoms with Crippen LogP contribution in [0.5, 0.6) is 11.5 Å². The van der Waals surface area contributed by atoms with Crippen molar-refractivity contribution < 1.29 is 9.47 Å². The molecule has 0 unspecified atom stereocenters. The quantitative estimate of drug-likeness (QED) is 0.902. The lowest BCUT2D eigenvalue weighted by Crippen LogP contribution is -2.03. The molecule has 4 heteroatoms. The molecule has 2 aromatic rings. The van der Waals surface area contributed by atoms with E-state index >= 15 is 0 Å². The van der Waals surface area contributed by atoms with Gasteiger partial charge < -0.3 is 15.2 Å². The second-order valence-corrected chi connectivity index (χ2v) is 4.94. The van der Waals surface area contributed by atoms with Gasteiger partial charge in [-0.15, -0.1) is 0 Å². The van der Waals surface area contributed by atoms with Crippen molar-refractivity contribution in [3.05, 3.63) is 23.8 Å². The molecular weight excluding hydrogens is 252 g/mol. The number of ether oxygens (including phenoxy) is 2. The number of nitrogen functional groups attached to an aromatic ring is 1. The first-order valence-corrected chi connectivity index (χ1v) is 7.07. The van der Waals surface area contributed by atoms with Gasteiger partial charge in [0.15, 0.2) is 0 Å². The first-order chi connectivity index (χ1) is 9.58. The van der Waals surface area contributed by atoms with Crippen molar-refractivity contribution >= 4 is 16.7 Å². The topological polar surface area (TPSA) is 57.4 Å². The maximum absolute atomic E-state index is 6.07. The van der Waals surface area contributed by atoms with E-state index in [2.05, 4.69) is 24.9 Å². The zero-order chi connectivity index (χ0) is 14.7. The van der Waals surface area contributed by atoms with Crippen LogP contribution in [0.1, 0.15) is 39.2 Å². The molecule has 0 bridgehead atoms. The van der Waals surface area contributed by atoms with Crippen LogP contribution in [0.15, 0.2) is 18.2 Å². The summed E-state index contributed by atoms with van der Waals surface area (Å²) >= 11 is 0. The highest BCUT2D eigenvalue weighted by Gasteiger charge is 2.14. The molecule has 0 spiro atoms. The Labute approximate surface area is 119 Å². The number of nitrogens with two attached hydrogens (primary N) is 1. The first kappa shape index (κ1) is 14.4. The number of nitrogens with zero attached hydrogens (tertiary/aromatic N) is 1. The van der Waals surface area contributed by atoms with E-state index in [0.29, 0.717) is 24.9 Å². The zero-order valence-corrected chi connectivity index (χ0v) is 12.6. The van der Waals surface area contributed by atoms with E-state index in [0.717, 1.165) is 28.0 Å². The lowest BCUT2D eigenvalue weighted by atomic mass is 10.0. The highest BCUT2D eigenvalue weighted by Crippen LogP contribution is 2.35. The molecule has 0 atom stereocenters. The van der Waals surface area contributed by atoms with E-state index in [-0.39, 0.29) is 0 Å². The smallest absolute Gasteiger partial charge is 0.145 e. The maximum atomic E-state index is 6.07. The second kappa shape index (κ2) is 5.99. The summed E-state index contributed by atoms with van der Waals surface area (Å²) in [5, 5.41) is 0.954. The molecule has 2 rings (SSSR count). The monoisotopic (exact) mass is 274 g/mol. The first-order valence-electron chi connectivity index (χ1n) is 7.07. The van der Waals surface area contributed by atoms with Crippen LogP contribution in [0.25, 0.3) is 10.9 Å². The van der Waals surface area contributed by atoms with Crippen LogP contribution in [-0.4, -0.2) is 18.2 Å². The summed E-state index contributed by atoms with van der Waals surface area (Å²) in [6, 6.07) is 5.88. The van der Waals surface area contributed by atoms with Crippen LogP contribution in [0.2, 0.25) is 0 Å². The number of rotatable bonds is 5. The Morgan fingerprint density at radius 1 is 1.10 bits per heavy atom. The average Bonchev–Trinajstić information content (AvgIpc) is 2.41. The number of anilines is 1. The van der Waals surface area contributed by atoms with Crippen molar-refractivity contribution in [3.8, 4) is 11.5 Å². The summed E-state index contributed by atoms with van der Waals surface area (Å²) in [5.74, 6) is 2.44. The summed E-state index contributed by atoms with van der Waals surface area (Å²) < 4.78 is 11.3. The minimum absolute atomic E-state index is 0.317.